The molecule has 122 valence electrons. The zero-order chi connectivity index (χ0) is 16.9. The molecule has 0 amide bonds. The number of fused-ring (bicyclic) bond motifs is 1. The van der Waals surface area contributed by atoms with Gasteiger partial charge in [-0.3, -0.25) is 9.59 Å². The highest BCUT2D eigenvalue weighted by Crippen LogP contribution is 2.21. The lowest BCUT2D eigenvalue weighted by Crippen LogP contribution is -2.15. The van der Waals surface area contributed by atoms with E-state index in [4.69, 9.17) is 9.15 Å². The van der Waals surface area contributed by atoms with Gasteiger partial charge in [0.2, 0.25) is 5.78 Å². The van der Waals surface area contributed by atoms with Gasteiger partial charge in [0.1, 0.15) is 5.58 Å². The highest BCUT2D eigenvalue weighted by Gasteiger charge is 2.14. The topological polar surface area (TPSA) is 56.5 Å². The molecular weight excluding hydrogens is 392 g/mol. The minimum absolute atomic E-state index is 0.148. The Morgan fingerprint density at radius 3 is 2.58 bits per heavy atom. The Balaban J connectivity index is 1.50. The first-order valence-electron chi connectivity index (χ1n) is 7.17. The van der Waals surface area contributed by atoms with Gasteiger partial charge >= 0.3 is 5.97 Å². The molecular formula is C18H13BrO4S. The zero-order valence-electron chi connectivity index (χ0n) is 12.5. The highest BCUT2D eigenvalue weighted by atomic mass is 79.9. The van der Waals surface area contributed by atoms with Gasteiger partial charge in [-0.25, -0.2) is 0 Å². The van der Waals surface area contributed by atoms with E-state index in [-0.39, 0.29) is 23.9 Å². The number of para-hydroxylation sites is 1. The van der Waals surface area contributed by atoms with Crippen LogP contribution in [-0.4, -0.2) is 24.1 Å². The summed E-state index contributed by atoms with van der Waals surface area (Å²) in [5.74, 6) is -0.445. The van der Waals surface area contributed by atoms with Crippen LogP contribution in [0.3, 0.4) is 0 Å². The number of hydrogen-bond donors (Lipinski definition) is 0. The normalized spacial score (nSPS) is 10.7. The molecule has 4 nitrogen and oxygen atoms in total. The molecule has 0 spiro atoms. The zero-order valence-corrected chi connectivity index (χ0v) is 14.9. The van der Waals surface area contributed by atoms with Gasteiger partial charge in [0, 0.05) is 14.8 Å². The van der Waals surface area contributed by atoms with Crippen LogP contribution in [0.15, 0.2) is 68.4 Å². The van der Waals surface area contributed by atoms with E-state index in [2.05, 4.69) is 15.9 Å². The van der Waals surface area contributed by atoms with Gasteiger partial charge in [-0.15, -0.1) is 11.8 Å². The molecule has 0 aliphatic rings. The molecule has 2 aromatic carbocycles. The third kappa shape index (κ3) is 4.27. The van der Waals surface area contributed by atoms with Crippen LogP contribution in [-0.2, 0) is 9.53 Å². The van der Waals surface area contributed by atoms with E-state index < -0.39 is 5.97 Å². The maximum Gasteiger partial charge on any atom is 0.316 e. The number of thioether (sulfide) groups is 1. The van der Waals surface area contributed by atoms with Crippen LogP contribution in [0.2, 0.25) is 0 Å². The number of carbonyl (C=O) groups is 2. The average Bonchev–Trinajstić information content (AvgIpc) is 3.03. The second-order valence-corrected chi connectivity index (χ2v) is 6.94. The lowest BCUT2D eigenvalue weighted by Gasteiger charge is -2.03. The van der Waals surface area contributed by atoms with Crippen molar-refractivity contribution >= 4 is 50.4 Å². The van der Waals surface area contributed by atoms with Gasteiger partial charge in [-0.1, -0.05) is 34.1 Å². The molecule has 3 aromatic rings. The van der Waals surface area contributed by atoms with Gasteiger partial charge in [-0.05, 0) is 36.4 Å². The van der Waals surface area contributed by atoms with Crippen LogP contribution in [0, 0.1) is 0 Å². The van der Waals surface area contributed by atoms with Crippen LogP contribution in [0.1, 0.15) is 10.6 Å². The number of benzene rings is 2. The summed E-state index contributed by atoms with van der Waals surface area (Å²) in [5, 5.41) is 0.845. The molecule has 0 N–H and O–H groups in total. The predicted molar refractivity (Wildman–Crippen MR) is 96.4 cm³/mol. The quantitative estimate of drug-likeness (QED) is 0.338. The number of hydrogen-bond acceptors (Lipinski definition) is 5. The second kappa shape index (κ2) is 7.68. The first-order chi connectivity index (χ1) is 11.6. The molecule has 0 unspecified atom stereocenters. The minimum Gasteiger partial charge on any atom is -0.457 e. The van der Waals surface area contributed by atoms with Gasteiger partial charge in [0.05, 0.1) is 5.75 Å². The Kier molecular flexibility index (Phi) is 5.37. The van der Waals surface area contributed by atoms with E-state index in [0.717, 1.165) is 14.8 Å². The summed E-state index contributed by atoms with van der Waals surface area (Å²) in [5.41, 5.74) is 0.637. The van der Waals surface area contributed by atoms with E-state index in [9.17, 15) is 9.59 Å². The molecule has 0 bridgehead atoms. The van der Waals surface area contributed by atoms with Crippen molar-refractivity contribution in [1.82, 2.24) is 0 Å². The molecule has 0 fully saturated rings. The monoisotopic (exact) mass is 404 g/mol. The summed E-state index contributed by atoms with van der Waals surface area (Å²) in [6, 6.07) is 16.6. The molecule has 0 atom stereocenters. The summed E-state index contributed by atoms with van der Waals surface area (Å²) >= 11 is 4.71. The maximum atomic E-state index is 12.0. The summed E-state index contributed by atoms with van der Waals surface area (Å²) in [7, 11) is 0. The molecule has 0 saturated heterocycles. The summed E-state index contributed by atoms with van der Waals surface area (Å²) in [6.45, 7) is -0.320. The molecule has 1 heterocycles. The van der Waals surface area contributed by atoms with Crippen LogP contribution in [0.25, 0.3) is 11.0 Å². The molecule has 1 aromatic heterocycles. The van der Waals surface area contributed by atoms with Crippen molar-refractivity contribution in [2.45, 2.75) is 4.90 Å². The van der Waals surface area contributed by atoms with Gasteiger partial charge in [0.15, 0.2) is 12.4 Å². The van der Waals surface area contributed by atoms with Crippen LogP contribution < -0.4 is 0 Å². The average molecular weight is 405 g/mol. The Bertz CT molecular complexity index is 837. The number of ketones is 1. The summed E-state index contributed by atoms with van der Waals surface area (Å²) in [6.07, 6.45) is 0. The van der Waals surface area contributed by atoms with Crippen LogP contribution in [0.5, 0.6) is 0 Å². The van der Waals surface area contributed by atoms with E-state index in [1.54, 1.807) is 12.1 Å². The molecule has 0 saturated carbocycles. The maximum absolute atomic E-state index is 12.0. The number of furan rings is 1. The summed E-state index contributed by atoms with van der Waals surface area (Å²) < 4.78 is 11.5. The fraction of sp³-hybridized carbons (Fsp3) is 0.111. The third-order valence-corrected chi connectivity index (χ3v) is 4.75. The Labute approximate surface area is 151 Å². The number of carbonyl (C=O) groups excluding carboxylic acids is 2. The largest absolute Gasteiger partial charge is 0.457 e. The Morgan fingerprint density at radius 2 is 1.83 bits per heavy atom. The first-order valence-corrected chi connectivity index (χ1v) is 8.95. The van der Waals surface area contributed by atoms with Gasteiger partial charge in [0.25, 0.3) is 0 Å². The molecule has 24 heavy (non-hydrogen) atoms. The lowest BCUT2D eigenvalue weighted by molar-refractivity contribution is -0.139. The van der Waals surface area contributed by atoms with Gasteiger partial charge < -0.3 is 9.15 Å². The fourth-order valence-corrected chi connectivity index (χ4v) is 3.01. The van der Waals surface area contributed by atoms with Crippen molar-refractivity contribution in [3.05, 3.63) is 64.8 Å². The highest BCUT2D eigenvalue weighted by molar-refractivity contribution is 9.10. The smallest absolute Gasteiger partial charge is 0.316 e. The van der Waals surface area contributed by atoms with E-state index in [1.807, 2.05) is 42.5 Å². The van der Waals surface area contributed by atoms with Crippen molar-refractivity contribution in [3.8, 4) is 0 Å². The van der Waals surface area contributed by atoms with Crippen LogP contribution in [0.4, 0.5) is 0 Å². The number of Topliss-reactive ketones (excluding diaryl/α,β-unsaturated/α-hetero) is 1. The molecule has 0 aliphatic heterocycles. The van der Waals surface area contributed by atoms with Crippen LogP contribution >= 0.6 is 27.7 Å². The van der Waals surface area contributed by atoms with Crippen molar-refractivity contribution in [3.63, 3.8) is 0 Å². The molecule has 3 rings (SSSR count). The standard InChI is InChI=1S/C18H13BrO4S/c19-13-5-7-14(8-6-13)24-11-18(21)22-10-15(20)17-9-12-3-1-2-4-16(12)23-17/h1-9H,10-11H2. The van der Waals surface area contributed by atoms with Crippen molar-refractivity contribution in [2.75, 3.05) is 12.4 Å². The molecule has 6 heteroatoms. The van der Waals surface area contributed by atoms with Crippen molar-refractivity contribution < 1.29 is 18.7 Å². The molecule has 0 aliphatic carbocycles. The third-order valence-electron chi connectivity index (χ3n) is 3.23. The van der Waals surface area contributed by atoms with E-state index in [1.165, 1.54) is 11.8 Å². The summed E-state index contributed by atoms with van der Waals surface area (Å²) in [4.78, 5) is 24.8. The lowest BCUT2D eigenvalue weighted by atomic mass is 10.2. The number of esters is 1. The Morgan fingerprint density at radius 1 is 1.08 bits per heavy atom. The first kappa shape index (κ1) is 16.8. The van der Waals surface area contributed by atoms with Gasteiger partial charge in [-0.2, -0.15) is 0 Å². The van der Waals surface area contributed by atoms with Crippen molar-refractivity contribution in [1.29, 1.82) is 0 Å². The SMILES string of the molecule is O=C(CSc1ccc(Br)cc1)OCC(=O)c1cc2ccccc2o1. The number of ether oxygens (including phenoxy) is 1. The number of halogens is 1. The van der Waals surface area contributed by atoms with E-state index in [0.29, 0.717) is 5.58 Å². The fourth-order valence-electron chi connectivity index (χ4n) is 2.05. The van der Waals surface area contributed by atoms with E-state index >= 15 is 0 Å². The minimum atomic E-state index is -0.438. The Hall–Kier alpha value is -2.05. The van der Waals surface area contributed by atoms with Crippen molar-refractivity contribution in [2.24, 2.45) is 0 Å². The molecule has 0 radical (unpaired) electrons. The second-order valence-electron chi connectivity index (χ2n) is 4.97. The predicted octanol–water partition coefficient (Wildman–Crippen LogP) is 4.71. The number of rotatable bonds is 6.